The topological polar surface area (TPSA) is 59.6 Å². The number of nitrogens with one attached hydrogen (secondary N) is 2. The first-order valence-electron chi connectivity index (χ1n) is 7.33. The lowest BCUT2D eigenvalue weighted by atomic mass is 9.90. The van der Waals surface area contributed by atoms with Gasteiger partial charge in [0.2, 0.25) is 0 Å². The summed E-state index contributed by atoms with van der Waals surface area (Å²) in [6.45, 7) is 3.55. The summed E-state index contributed by atoms with van der Waals surface area (Å²) in [7, 11) is 3.25. The van der Waals surface area contributed by atoms with Gasteiger partial charge in [0.15, 0.2) is 0 Å². The smallest absolute Gasteiger partial charge is 0.252 e. The molecule has 0 bridgehead atoms. The van der Waals surface area contributed by atoms with Crippen LogP contribution in [0.1, 0.15) is 31.4 Å². The van der Waals surface area contributed by atoms with E-state index in [0.717, 1.165) is 24.4 Å². The summed E-state index contributed by atoms with van der Waals surface area (Å²) < 4.78 is 10.9. The van der Waals surface area contributed by atoms with Gasteiger partial charge < -0.3 is 20.1 Å². The number of piperidine rings is 1. The Balaban J connectivity index is 2.11. The van der Waals surface area contributed by atoms with E-state index in [-0.39, 0.29) is 11.9 Å². The molecule has 1 amide bonds. The van der Waals surface area contributed by atoms with Crippen LogP contribution in [0, 0.1) is 0 Å². The highest BCUT2D eigenvalue weighted by Gasteiger charge is 2.40. The van der Waals surface area contributed by atoms with E-state index in [2.05, 4.69) is 10.6 Å². The molecule has 1 unspecified atom stereocenters. The molecule has 1 aromatic carbocycles. The van der Waals surface area contributed by atoms with E-state index in [1.165, 1.54) is 0 Å². The molecule has 5 nitrogen and oxygen atoms in total. The van der Waals surface area contributed by atoms with Crippen LogP contribution >= 0.6 is 0 Å². The summed E-state index contributed by atoms with van der Waals surface area (Å²) in [5.74, 6) is 0.729. The number of hydrogen-bond donors (Lipinski definition) is 2. The van der Waals surface area contributed by atoms with Crippen LogP contribution in [0.3, 0.4) is 0 Å². The van der Waals surface area contributed by atoms with E-state index in [0.29, 0.717) is 12.8 Å². The van der Waals surface area contributed by atoms with Crippen molar-refractivity contribution in [3.05, 3.63) is 29.8 Å². The first-order valence-corrected chi connectivity index (χ1v) is 7.33. The SMILES string of the molecule is COc1ccccc1C(C)NC(=O)C1(OC)CCNCC1. The molecule has 0 saturated carbocycles. The van der Waals surface area contributed by atoms with Gasteiger partial charge in [-0.05, 0) is 38.9 Å². The zero-order valence-electron chi connectivity index (χ0n) is 12.9. The molecule has 1 saturated heterocycles. The van der Waals surface area contributed by atoms with Crippen molar-refractivity contribution >= 4 is 5.91 Å². The molecule has 2 rings (SSSR count). The third kappa shape index (κ3) is 3.36. The standard InChI is InChI=1S/C16H24N2O3/c1-12(13-6-4-5-7-14(13)20-2)18-15(19)16(21-3)8-10-17-11-9-16/h4-7,12,17H,8-11H2,1-3H3,(H,18,19). The molecule has 0 spiro atoms. The first-order chi connectivity index (χ1) is 10.1. The second-order valence-electron chi connectivity index (χ2n) is 5.39. The number of amides is 1. The highest BCUT2D eigenvalue weighted by Crippen LogP contribution is 2.27. The van der Waals surface area contributed by atoms with Crippen LogP contribution in [-0.2, 0) is 9.53 Å². The summed E-state index contributed by atoms with van der Waals surface area (Å²) in [5.41, 5.74) is 0.246. The number of hydrogen-bond acceptors (Lipinski definition) is 4. The lowest BCUT2D eigenvalue weighted by Crippen LogP contribution is -2.54. The van der Waals surface area contributed by atoms with Crippen LogP contribution in [0.25, 0.3) is 0 Å². The highest BCUT2D eigenvalue weighted by molar-refractivity contribution is 5.85. The van der Waals surface area contributed by atoms with E-state index < -0.39 is 5.60 Å². The molecule has 1 aromatic rings. The van der Waals surface area contributed by atoms with Crippen molar-refractivity contribution in [3.8, 4) is 5.75 Å². The summed E-state index contributed by atoms with van der Waals surface area (Å²) in [6, 6.07) is 7.59. The van der Waals surface area contributed by atoms with Crippen molar-refractivity contribution in [2.75, 3.05) is 27.3 Å². The predicted octanol–water partition coefficient (Wildman–Crippen LogP) is 1.64. The quantitative estimate of drug-likeness (QED) is 0.866. The summed E-state index contributed by atoms with van der Waals surface area (Å²) >= 11 is 0. The van der Waals surface area contributed by atoms with Crippen LogP contribution in [0.5, 0.6) is 5.75 Å². The summed E-state index contributed by atoms with van der Waals surface area (Å²) in [6.07, 6.45) is 1.38. The number of para-hydroxylation sites is 1. The molecular weight excluding hydrogens is 268 g/mol. The van der Waals surface area contributed by atoms with Gasteiger partial charge in [-0.3, -0.25) is 4.79 Å². The van der Waals surface area contributed by atoms with Crippen LogP contribution < -0.4 is 15.4 Å². The molecule has 116 valence electrons. The van der Waals surface area contributed by atoms with E-state index in [1.54, 1.807) is 14.2 Å². The Morgan fingerprint density at radius 2 is 1.95 bits per heavy atom. The third-order valence-electron chi connectivity index (χ3n) is 4.17. The van der Waals surface area contributed by atoms with Gasteiger partial charge in [0.25, 0.3) is 5.91 Å². The molecular formula is C16H24N2O3. The van der Waals surface area contributed by atoms with Crippen molar-refractivity contribution < 1.29 is 14.3 Å². The largest absolute Gasteiger partial charge is 0.496 e. The van der Waals surface area contributed by atoms with E-state index >= 15 is 0 Å². The van der Waals surface area contributed by atoms with Crippen LogP contribution in [0.4, 0.5) is 0 Å². The maximum Gasteiger partial charge on any atom is 0.252 e. The average molecular weight is 292 g/mol. The van der Waals surface area contributed by atoms with Gasteiger partial charge in [-0.15, -0.1) is 0 Å². The molecule has 5 heteroatoms. The molecule has 1 aliphatic rings. The van der Waals surface area contributed by atoms with Gasteiger partial charge in [0, 0.05) is 12.7 Å². The Morgan fingerprint density at radius 1 is 1.29 bits per heavy atom. The molecule has 2 N–H and O–H groups in total. The molecule has 1 heterocycles. The third-order valence-corrected chi connectivity index (χ3v) is 4.17. The maximum atomic E-state index is 12.6. The number of carbonyl (C=O) groups is 1. The van der Waals surface area contributed by atoms with Crippen LogP contribution in [-0.4, -0.2) is 38.8 Å². The average Bonchev–Trinajstić information content (AvgIpc) is 2.55. The monoisotopic (exact) mass is 292 g/mol. The fourth-order valence-electron chi connectivity index (χ4n) is 2.78. The van der Waals surface area contributed by atoms with Crippen molar-refractivity contribution in [1.29, 1.82) is 0 Å². The van der Waals surface area contributed by atoms with Crippen molar-refractivity contribution in [1.82, 2.24) is 10.6 Å². The Morgan fingerprint density at radius 3 is 2.57 bits per heavy atom. The van der Waals surface area contributed by atoms with Crippen molar-refractivity contribution in [2.45, 2.75) is 31.4 Å². The summed E-state index contributed by atoms with van der Waals surface area (Å²) in [4.78, 5) is 12.6. The Bertz CT molecular complexity index is 484. The molecule has 0 aromatic heterocycles. The second kappa shape index (κ2) is 6.91. The molecule has 1 atom stereocenters. The first kappa shape index (κ1) is 15.8. The molecule has 21 heavy (non-hydrogen) atoms. The zero-order valence-corrected chi connectivity index (χ0v) is 12.9. The Labute approximate surface area is 126 Å². The van der Waals surface area contributed by atoms with Crippen LogP contribution in [0.2, 0.25) is 0 Å². The van der Waals surface area contributed by atoms with Crippen molar-refractivity contribution in [3.63, 3.8) is 0 Å². The highest BCUT2D eigenvalue weighted by atomic mass is 16.5. The lowest BCUT2D eigenvalue weighted by Gasteiger charge is -2.35. The molecule has 0 aliphatic carbocycles. The number of rotatable bonds is 5. The number of ether oxygens (including phenoxy) is 2. The molecule has 0 radical (unpaired) electrons. The van der Waals surface area contributed by atoms with E-state index in [1.807, 2.05) is 31.2 Å². The Hall–Kier alpha value is -1.59. The van der Waals surface area contributed by atoms with E-state index in [9.17, 15) is 4.79 Å². The van der Waals surface area contributed by atoms with Crippen molar-refractivity contribution in [2.24, 2.45) is 0 Å². The van der Waals surface area contributed by atoms with Gasteiger partial charge in [0.1, 0.15) is 11.4 Å². The van der Waals surface area contributed by atoms with Gasteiger partial charge in [-0.2, -0.15) is 0 Å². The minimum Gasteiger partial charge on any atom is -0.496 e. The minimum absolute atomic E-state index is 0.0510. The second-order valence-corrected chi connectivity index (χ2v) is 5.39. The predicted molar refractivity (Wildman–Crippen MR) is 81.4 cm³/mol. The van der Waals surface area contributed by atoms with Gasteiger partial charge >= 0.3 is 0 Å². The lowest BCUT2D eigenvalue weighted by molar-refractivity contribution is -0.147. The maximum absolute atomic E-state index is 12.6. The molecule has 1 fully saturated rings. The van der Waals surface area contributed by atoms with Gasteiger partial charge in [-0.1, -0.05) is 18.2 Å². The number of carbonyl (C=O) groups excluding carboxylic acids is 1. The normalized spacial score (nSPS) is 18.8. The fourth-order valence-corrected chi connectivity index (χ4v) is 2.78. The molecule has 1 aliphatic heterocycles. The minimum atomic E-state index is -0.721. The van der Waals surface area contributed by atoms with Crippen LogP contribution in [0.15, 0.2) is 24.3 Å². The number of benzene rings is 1. The zero-order chi connectivity index (χ0) is 15.3. The van der Waals surface area contributed by atoms with Gasteiger partial charge in [-0.25, -0.2) is 0 Å². The Kier molecular flexibility index (Phi) is 5.20. The van der Waals surface area contributed by atoms with Gasteiger partial charge in [0.05, 0.1) is 13.2 Å². The van der Waals surface area contributed by atoms with E-state index in [4.69, 9.17) is 9.47 Å². The summed E-state index contributed by atoms with van der Waals surface area (Å²) in [5, 5.41) is 6.31. The number of methoxy groups -OCH3 is 2. The fraction of sp³-hybridized carbons (Fsp3) is 0.562.